The molecule has 0 unspecified atom stereocenters. The highest BCUT2D eigenvalue weighted by molar-refractivity contribution is 5.43. The maximum Gasteiger partial charge on any atom is 0.00842 e. The van der Waals surface area contributed by atoms with Crippen LogP contribution in [0.3, 0.4) is 0 Å². The Kier molecular flexibility index (Phi) is 2.59. The molecule has 0 amide bonds. The molecule has 15 heavy (non-hydrogen) atoms. The minimum Gasteiger partial charge on any atom is -0.0672 e. The normalized spacial score (nSPS) is 14.7. The minimum absolute atomic E-state index is 0.0929. The molecule has 0 nitrogen and oxygen atoms in total. The average Bonchev–Trinajstić information content (AvgIpc) is 2.71. The third-order valence-corrected chi connectivity index (χ3v) is 2.73. The van der Waals surface area contributed by atoms with E-state index in [1.54, 1.807) is 0 Å². The van der Waals surface area contributed by atoms with E-state index in [2.05, 4.69) is 74.6 Å². The van der Waals surface area contributed by atoms with Crippen molar-refractivity contribution >= 4 is 0 Å². The fourth-order valence-corrected chi connectivity index (χ4v) is 1.85. The predicted octanol–water partition coefficient (Wildman–Crippen LogP) is 4.02. The van der Waals surface area contributed by atoms with Crippen molar-refractivity contribution < 1.29 is 0 Å². The van der Waals surface area contributed by atoms with Crippen LogP contribution in [0.5, 0.6) is 0 Å². The molecule has 1 aromatic carbocycles. The molecule has 0 fully saturated rings. The van der Waals surface area contributed by atoms with E-state index in [0.29, 0.717) is 0 Å². The molecule has 1 aromatic rings. The van der Waals surface area contributed by atoms with E-state index in [1.807, 2.05) is 0 Å². The van der Waals surface area contributed by atoms with Gasteiger partial charge in [0.05, 0.1) is 0 Å². The van der Waals surface area contributed by atoms with Crippen molar-refractivity contribution in [2.75, 3.05) is 0 Å². The van der Waals surface area contributed by atoms with Gasteiger partial charge in [-0.25, -0.2) is 0 Å². The van der Waals surface area contributed by atoms with Crippen molar-refractivity contribution in [3.63, 3.8) is 0 Å². The maximum atomic E-state index is 2.31. The van der Waals surface area contributed by atoms with Gasteiger partial charge in [0.15, 0.2) is 0 Å². The zero-order valence-corrected chi connectivity index (χ0v) is 9.27. The Morgan fingerprint density at radius 1 is 0.933 bits per heavy atom. The Morgan fingerprint density at radius 3 is 2.13 bits per heavy atom. The molecule has 0 radical (unpaired) electrons. The van der Waals surface area contributed by atoms with E-state index in [1.165, 1.54) is 11.1 Å². The molecule has 0 bridgehead atoms. The number of benzene rings is 1. The smallest absolute Gasteiger partial charge is 0.00842 e. The van der Waals surface area contributed by atoms with Crippen LogP contribution in [0.15, 0.2) is 66.3 Å². The summed E-state index contributed by atoms with van der Waals surface area (Å²) >= 11 is 0. The van der Waals surface area contributed by atoms with Gasteiger partial charge in [-0.05, 0) is 11.1 Å². The van der Waals surface area contributed by atoms with Crippen LogP contribution in [0.2, 0.25) is 0 Å². The first-order chi connectivity index (χ1) is 7.18. The van der Waals surface area contributed by atoms with Crippen LogP contribution in [0, 0.1) is 0 Å². The topological polar surface area (TPSA) is 0 Å². The fraction of sp³-hybridized carbons (Fsp3) is 0.200. The Hall–Kier alpha value is -1.56. The molecule has 2 rings (SSSR count). The van der Waals surface area contributed by atoms with Crippen LogP contribution in [0.4, 0.5) is 0 Å². The Morgan fingerprint density at radius 2 is 1.53 bits per heavy atom. The Bertz CT molecular complexity index is 403. The highest BCUT2D eigenvalue weighted by Crippen LogP contribution is 2.27. The van der Waals surface area contributed by atoms with Gasteiger partial charge in [0.1, 0.15) is 0 Å². The summed E-state index contributed by atoms with van der Waals surface area (Å²) in [5.41, 5.74) is 2.74. The van der Waals surface area contributed by atoms with E-state index >= 15 is 0 Å². The van der Waals surface area contributed by atoms with Gasteiger partial charge in [0, 0.05) is 5.41 Å². The maximum absolute atomic E-state index is 2.31. The largest absolute Gasteiger partial charge is 0.0672 e. The summed E-state index contributed by atoms with van der Waals surface area (Å²) in [6, 6.07) is 10.6. The van der Waals surface area contributed by atoms with Gasteiger partial charge in [0.25, 0.3) is 0 Å². The van der Waals surface area contributed by atoms with Crippen molar-refractivity contribution in [2.24, 2.45) is 0 Å². The molecule has 0 aliphatic heterocycles. The average molecular weight is 196 g/mol. The van der Waals surface area contributed by atoms with E-state index < -0.39 is 0 Å². The summed E-state index contributed by atoms with van der Waals surface area (Å²) in [7, 11) is 0. The van der Waals surface area contributed by atoms with Crippen LogP contribution < -0.4 is 0 Å². The van der Waals surface area contributed by atoms with Gasteiger partial charge in [-0.1, -0.05) is 74.6 Å². The van der Waals surface area contributed by atoms with Crippen LogP contribution in [-0.4, -0.2) is 0 Å². The van der Waals surface area contributed by atoms with E-state index in [4.69, 9.17) is 0 Å². The van der Waals surface area contributed by atoms with Gasteiger partial charge in [0.2, 0.25) is 0 Å². The monoisotopic (exact) mass is 196 g/mol. The second-order valence-electron chi connectivity index (χ2n) is 4.45. The molecular formula is C15H16. The SMILES string of the molecule is CC(C)(C=C1C=CC=C1)c1ccccc1. The van der Waals surface area contributed by atoms with Gasteiger partial charge in [-0.15, -0.1) is 0 Å². The number of hydrogen-bond donors (Lipinski definition) is 0. The highest BCUT2D eigenvalue weighted by Gasteiger charge is 2.17. The zero-order chi connectivity index (χ0) is 10.7. The summed E-state index contributed by atoms with van der Waals surface area (Å²) in [6.45, 7) is 4.49. The van der Waals surface area contributed by atoms with Crippen LogP contribution in [-0.2, 0) is 5.41 Å². The molecule has 1 aliphatic carbocycles. The molecule has 0 N–H and O–H groups in total. The summed E-state index contributed by atoms with van der Waals surface area (Å²) in [4.78, 5) is 0. The second-order valence-corrected chi connectivity index (χ2v) is 4.45. The van der Waals surface area contributed by atoms with Crippen LogP contribution >= 0.6 is 0 Å². The minimum atomic E-state index is 0.0929. The number of rotatable bonds is 2. The molecule has 0 aromatic heterocycles. The van der Waals surface area contributed by atoms with Gasteiger partial charge < -0.3 is 0 Å². The lowest BCUT2D eigenvalue weighted by Gasteiger charge is -2.21. The van der Waals surface area contributed by atoms with Crippen molar-refractivity contribution in [3.05, 3.63) is 71.8 Å². The van der Waals surface area contributed by atoms with E-state index in [9.17, 15) is 0 Å². The highest BCUT2D eigenvalue weighted by atomic mass is 14.2. The van der Waals surface area contributed by atoms with Crippen molar-refractivity contribution in [3.8, 4) is 0 Å². The van der Waals surface area contributed by atoms with Crippen molar-refractivity contribution in [1.82, 2.24) is 0 Å². The molecule has 0 atom stereocenters. The van der Waals surface area contributed by atoms with Crippen LogP contribution in [0.25, 0.3) is 0 Å². The molecule has 76 valence electrons. The third kappa shape index (κ3) is 2.27. The lowest BCUT2D eigenvalue weighted by Crippen LogP contribution is -2.13. The second kappa shape index (κ2) is 3.90. The molecular weight excluding hydrogens is 180 g/mol. The van der Waals surface area contributed by atoms with E-state index in [-0.39, 0.29) is 5.41 Å². The van der Waals surface area contributed by atoms with Gasteiger partial charge in [-0.3, -0.25) is 0 Å². The number of allylic oxidation sites excluding steroid dienone is 6. The lowest BCUT2D eigenvalue weighted by molar-refractivity contribution is 0.667. The van der Waals surface area contributed by atoms with Gasteiger partial charge >= 0.3 is 0 Å². The first-order valence-electron chi connectivity index (χ1n) is 5.32. The molecule has 0 heteroatoms. The summed E-state index contributed by atoms with van der Waals surface area (Å²) in [5.74, 6) is 0. The standard InChI is InChI=1S/C15H16/c1-15(2,12-13-8-6-7-9-13)14-10-4-3-5-11-14/h3-12H,1-2H3. The van der Waals surface area contributed by atoms with Crippen molar-refractivity contribution in [2.45, 2.75) is 19.3 Å². The Balaban J connectivity index is 2.31. The molecule has 0 spiro atoms. The molecule has 0 heterocycles. The molecule has 0 saturated heterocycles. The summed E-state index contributed by atoms with van der Waals surface area (Å²) < 4.78 is 0. The molecule has 0 saturated carbocycles. The lowest BCUT2D eigenvalue weighted by atomic mass is 9.83. The first kappa shape index (κ1) is 9.97. The van der Waals surface area contributed by atoms with E-state index in [0.717, 1.165) is 0 Å². The van der Waals surface area contributed by atoms with Gasteiger partial charge in [-0.2, -0.15) is 0 Å². The number of hydrogen-bond acceptors (Lipinski definition) is 0. The predicted molar refractivity (Wildman–Crippen MR) is 65.8 cm³/mol. The quantitative estimate of drug-likeness (QED) is 0.670. The summed E-state index contributed by atoms with van der Waals surface area (Å²) in [6.07, 6.45) is 10.7. The third-order valence-electron chi connectivity index (χ3n) is 2.73. The Labute approximate surface area is 91.6 Å². The van der Waals surface area contributed by atoms with Crippen molar-refractivity contribution in [1.29, 1.82) is 0 Å². The van der Waals surface area contributed by atoms with Crippen LogP contribution in [0.1, 0.15) is 19.4 Å². The summed E-state index contributed by atoms with van der Waals surface area (Å²) in [5, 5.41) is 0. The fourth-order valence-electron chi connectivity index (χ4n) is 1.85. The zero-order valence-electron chi connectivity index (χ0n) is 9.27. The molecule has 1 aliphatic rings. The first-order valence-corrected chi connectivity index (χ1v) is 5.32.